The average Bonchev–Trinajstić information content (AvgIpc) is 1.85. The summed E-state index contributed by atoms with van der Waals surface area (Å²) in [6, 6.07) is 0. The molecule has 0 saturated carbocycles. The minimum Gasteiger partial charge on any atom is -0.396 e. The third-order valence-corrected chi connectivity index (χ3v) is 1.97. The molecule has 2 heteroatoms. The molecule has 0 aliphatic carbocycles. The van der Waals surface area contributed by atoms with Gasteiger partial charge >= 0.3 is 0 Å². The largest absolute Gasteiger partial charge is 0.396 e. The number of hydrogen-bond acceptors (Lipinski definition) is 2. The molecular formula is C8H18O2. The fourth-order valence-corrected chi connectivity index (χ4v) is 0.950. The fourth-order valence-electron chi connectivity index (χ4n) is 0.950. The lowest BCUT2D eigenvalue weighted by Gasteiger charge is -2.18. The van der Waals surface area contributed by atoms with E-state index in [9.17, 15) is 0 Å². The minimum atomic E-state index is -0.246. The molecule has 0 aromatic rings. The van der Waals surface area contributed by atoms with E-state index in [-0.39, 0.29) is 12.7 Å². The van der Waals surface area contributed by atoms with Crippen molar-refractivity contribution in [3.63, 3.8) is 0 Å². The molecule has 62 valence electrons. The molecule has 0 aliphatic heterocycles. The zero-order valence-corrected chi connectivity index (χ0v) is 7.04. The van der Waals surface area contributed by atoms with E-state index in [4.69, 9.17) is 10.2 Å². The maximum atomic E-state index is 8.99. The first-order valence-electron chi connectivity index (χ1n) is 3.86. The van der Waals surface area contributed by atoms with Crippen LogP contribution in [0.15, 0.2) is 0 Å². The highest BCUT2D eigenvalue weighted by Crippen LogP contribution is 2.15. The number of aliphatic hydroxyl groups excluding tert-OH is 2. The van der Waals surface area contributed by atoms with Crippen molar-refractivity contribution in [1.82, 2.24) is 0 Å². The van der Waals surface area contributed by atoms with E-state index in [0.29, 0.717) is 11.8 Å². The molecule has 2 N–H and O–H groups in total. The molecule has 0 aromatic heterocycles. The highest BCUT2D eigenvalue weighted by atomic mass is 16.3. The van der Waals surface area contributed by atoms with Gasteiger partial charge in [-0.2, -0.15) is 0 Å². The summed E-state index contributed by atoms with van der Waals surface area (Å²) in [6.45, 7) is 6.04. The van der Waals surface area contributed by atoms with Gasteiger partial charge in [-0.25, -0.2) is 0 Å². The first-order valence-corrected chi connectivity index (χ1v) is 3.86. The van der Waals surface area contributed by atoms with Crippen molar-refractivity contribution in [1.29, 1.82) is 0 Å². The summed E-state index contributed by atoms with van der Waals surface area (Å²) < 4.78 is 0. The van der Waals surface area contributed by atoms with Crippen molar-refractivity contribution < 1.29 is 10.2 Å². The van der Waals surface area contributed by atoms with Crippen LogP contribution in [0.2, 0.25) is 0 Å². The topological polar surface area (TPSA) is 40.5 Å². The van der Waals surface area contributed by atoms with E-state index in [1.165, 1.54) is 0 Å². The summed E-state index contributed by atoms with van der Waals surface area (Å²) in [7, 11) is 0. The molecule has 3 atom stereocenters. The van der Waals surface area contributed by atoms with Gasteiger partial charge in [-0.1, -0.05) is 13.8 Å². The van der Waals surface area contributed by atoms with Crippen LogP contribution in [0.3, 0.4) is 0 Å². The van der Waals surface area contributed by atoms with E-state index in [1.807, 2.05) is 13.8 Å². The minimum absolute atomic E-state index is 0.216. The van der Waals surface area contributed by atoms with E-state index in [0.717, 1.165) is 6.42 Å². The highest BCUT2D eigenvalue weighted by Gasteiger charge is 2.12. The van der Waals surface area contributed by atoms with Gasteiger partial charge in [0.2, 0.25) is 0 Å². The fraction of sp³-hybridized carbons (Fsp3) is 1.00. The molecule has 0 rings (SSSR count). The third kappa shape index (κ3) is 3.85. The molecule has 0 spiro atoms. The maximum Gasteiger partial charge on any atom is 0.0514 e. The molecule has 10 heavy (non-hydrogen) atoms. The number of rotatable bonds is 4. The van der Waals surface area contributed by atoms with E-state index in [2.05, 4.69) is 0 Å². The summed E-state index contributed by atoms with van der Waals surface area (Å²) in [5.41, 5.74) is 0. The lowest BCUT2D eigenvalue weighted by molar-refractivity contribution is 0.125. The van der Waals surface area contributed by atoms with Gasteiger partial charge in [0.1, 0.15) is 0 Å². The molecule has 0 aliphatic rings. The average molecular weight is 146 g/mol. The van der Waals surface area contributed by atoms with Crippen LogP contribution in [0.25, 0.3) is 0 Å². The van der Waals surface area contributed by atoms with E-state index >= 15 is 0 Å². The van der Waals surface area contributed by atoms with Crippen LogP contribution < -0.4 is 0 Å². The van der Waals surface area contributed by atoms with Gasteiger partial charge < -0.3 is 10.2 Å². The maximum absolute atomic E-state index is 8.99. The molecule has 0 bridgehead atoms. The molecule has 3 unspecified atom stereocenters. The Balaban J connectivity index is 3.50. The van der Waals surface area contributed by atoms with Gasteiger partial charge in [-0.15, -0.1) is 0 Å². The second-order valence-electron chi connectivity index (χ2n) is 3.22. The Morgan fingerprint density at radius 1 is 1.10 bits per heavy atom. The zero-order chi connectivity index (χ0) is 8.15. The Hall–Kier alpha value is -0.0800. The number of aliphatic hydroxyl groups is 2. The first kappa shape index (κ1) is 9.92. The van der Waals surface area contributed by atoms with Crippen LogP contribution in [0.5, 0.6) is 0 Å². The summed E-state index contributed by atoms with van der Waals surface area (Å²) in [5.74, 6) is 0.708. The first-order chi connectivity index (χ1) is 4.57. The molecule has 0 amide bonds. The number of hydrogen-bond donors (Lipinski definition) is 2. The normalized spacial score (nSPS) is 20.1. The summed E-state index contributed by atoms with van der Waals surface area (Å²) >= 11 is 0. The van der Waals surface area contributed by atoms with Crippen LogP contribution >= 0.6 is 0 Å². The van der Waals surface area contributed by atoms with Crippen molar-refractivity contribution in [2.24, 2.45) is 11.8 Å². The van der Waals surface area contributed by atoms with Crippen molar-refractivity contribution in [3.8, 4) is 0 Å². The predicted octanol–water partition coefficient (Wildman–Crippen LogP) is 1.02. The van der Waals surface area contributed by atoms with Crippen molar-refractivity contribution in [3.05, 3.63) is 0 Å². The van der Waals surface area contributed by atoms with Crippen molar-refractivity contribution >= 4 is 0 Å². The SMILES string of the molecule is CC(O)CC(C)C(C)CO. The van der Waals surface area contributed by atoms with Crippen LogP contribution in [0.1, 0.15) is 27.2 Å². The monoisotopic (exact) mass is 146 g/mol. The van der Waals surface area contributed by atoms with Gasteiger partial charge in [0.25, 0.3) is 0 Å². The standard InChI is InChI=1S/C8H18O2/c1-6(4-8(3)10)7(2)5-9/h6-10H,4-5H2,1-3H3. The van der Waals surface area contributed by atoms with Gasteiger partial charge in [0.05, 0.1) is 6.10 Å². The zero-order valence-electron chi connectivity index (χ0n) is 7.04. The Kier molecular flexibility index (Phi) is 4.65. The van der Waals surface area contributed by atoms with E-state index in [1.54, 1.807) is 6.92 Å². The van der Waals surface area contributed by atoms with Gasteiger partial charge in [0, 0.05) is 6.61 Å². The van der Waals surface area contributed by atoms with Crippen molar-refractivity contribution in [2.75, 3.05) is 6.61 Å². The van der Waals surface area contributed by atoms with Crippen LogP contribution in [0.4, 0.5) is 0 Å². The second-order valence-corrected chi connectivity index (χ2v) is 3.22. The highest BCUT2D eigenvalue weighted by molar-refractivity contribution is 4.63. The second kappa shape index (κ2) is 4.69. The van der Waals surface area contributed by atoms with Gasteiger partial charge in [-0.05, 0) is 25.2 Å². The van der Waals surface area contributed by atoms with Crippen LogP contribution in [-0.4, -0.2) is 22.9 Å². The lowest BCUT2D eigenvalue weighted by Crippen LogP contribution is -2.16. The molecule has 0 aromatic carbocycles. The third-order valence-electron chi connectivity index (χ3n) is 1.97. The van der Waals surface area contributed by atoms with Crippen LogP contribution in [-0.2, 0) is 0 Å². The lowest BCUT2D eigenvalue weighted by atomic mass is 9.92. The molecule has 0 saturated heterocycles. The van der Waals surface area contributed by atoms with E-state index < -0.39 is 0 Å². The smallest absolute Gasteiger partial charge is 0.0514 e. The van der Waals surface area contributed by atoms with Crippen molar-refractivity contribution in [2.45, 2.75) is 33.3 Å². The van der Waals surface area contributed by atoms with Gasteiger partial charge in [0.15, 0.2) is 0 Å². The Morgan fingerprint density at radius 2 is 1.60 bits per heavy atom. The Bertz CT molecular complexity index is 81.3. The summed E-state index contributed by atoms with van der Waals surface area (Å²) in [4.78, 5) is 0. The molecular weight excluding hydrogens is 128 g/mol. The Labute approximate surface area is 62.9 Å². The molecule has 0 heterocycles. The molecule has 0 fully saturated rings. The summed E-state index contributed by atoms with van der Waals surface area (Å²) in [6.07, 6.45) is 0.533. The molecule has 0 radical (unpaired) electrons. The predicted molar refractivity (Wildman–Crippen MR) is 41.7 cm³/mol. The molecule has 2 nitrogen and oxygen atoms in total. The Morgan fingerprint density at radius 3 is 1.90 bits per heavy atom. The van der Waals surface area contributed by atoms with Gasteiger partial charge in [-0.3, -0.25) is 0 Å². The summed E-state index contributed by atoms with van der Waals surface area (Å²) in [5, 5.41) is 17.7. The quantitative estimate of drug-likeness (QED) is 0.621. The van der Waals surface area contributed by atoms with Crippen LogP contribution in [0, 0.1) is 11.8 Å².